The Balaban J connectivity index is 1.77. The third-order valence-electron chi connectivity index (χ3n) is 5.92. The van der Waals surface area contributed by atoms with Gasteiger partial charge in [0.15, 0.2) is 15.6 Å². The normalized spacial score (nSPS) is 24.0. The standard InChI is InChI=1S/C23H18O6S/c1-28-15-11-12-19-20(13-15)29-23(25)18-10-6-5-9-17(18)21(24)22(19,23)14-30(26,27)16-7-3-2-4-8-16/h2-13,25H,14H2,1H3. The van der Waals surface area contributed by atoms with Gasteiger partial charge in [0, 0.05) is 22.8 Å². The van der Waals surface area contributed by atoms with Crippen LogP contribution in [-0.2, 0) is 21.0 Å². The van der Waals surface area contributed by atoms with E-state index in [1.54, 1.807) is 60.7 Å². The van der Waals surface area contributed by atoms with E-state index in [1.807, 2.05) is 0 Å². The molecule has 0 fully saturated rings. The van der Waals surface area contributed by atoms with E-state index >= 15 is 0 Å². The molecule has 3 aromatic rings. The number of methoxy groups -OCH3 is 1. The first-order valence-corrected chi connectivity index (χ1v) is 11.0. The quantitative estimate of drug-likeness (QED) is 0.695. The first-order chi connectivity index (χ1) is 14.3. The number of hydrogen-bond acceptors (Lipinski definition) is 6. The summed E-state index contributed by atoms with van der Waals surface area (Å²) >= 11 is 0. The fourth-order valence-electron chi connectivity index (χ4n) is 4.50. The molecule has 0 bridgehead atoms. The molecular weight excluding hydrogens is 404 g/mol. The van der Waals surface area contributed by atoms with Crippen molar-refractivity contribution < 1.29 is 27.8 Å². The SMILES string of the molecule is COc1ccc2c(c1)OC1(O)c3ccccc3C(=O)C21CS(=O)(=O)c1ccccc1. The molecule has 0 radical (unpaired) electrons. The van der Waals surface area contributed by atoms with Crippen molar-refractivity contribution in [3.8, 4) is 11.5 Å². The molecule has 1 aliphatic carbocycles. The molecule has 5 rings (SSSR count). The van der Waals surface area contributed by atoms with Crippen molar-refractivity contribution in [1.29, 1.82) is 0 Å². The number of ether oxygens (including phenoxy) is 2. The van der Waals surface area contributed by atoms with Gasteiger partial charge in [0.05, 0.1) is 17.8 Å². The van der Waals surface area contributed by atoms with Crippen molar-refractivity contribution >= 4 is 15.6 Å². The van der Waals surface area contributed by atoms with Crippen LogP contribution >= 0.6 is 0 Å². The molecule has 152 valence electrons. The Bertz CT molecular complexity index is 1280. The van der Waals surface area contributed by atoms with Crippen LogP contribution in [0.3, 0.4) is 0 Å². The minimum atomic E-state index is -3.95. The Morgan fingerprint density at radius 2 is 1.67 bits per heavy atom. The summed E-state index contributed by atoms with van der Waals surface area (Å²) in [6, 6.07) is 19.2. The molecule has 7 heteroatoms. The van der Waals surface area contributed by atoms with Gasteiger partial charge in [-0.2, -0.15) is 0 Å². The highest BCUT2D eigenvalue weighted by Crippen LogP contribution is 2.60. The minimum Gasteiger partial charge on any atom is -0.497 e. The van der Waals surface area contributed by atoms with Crippen molar-refractivity contribution in [2.75, 3.05) is 12.9 Å². The number of carbonyl (C=O) groups is 1. The van der Waals surface area contributed by atoms with E-state index < -0.39 is 32.6 Å². The predicted molar refractivity (Wildman–Crippen MR) is 108 cm³/mol. The lowest BCUT2D eigenvalue weighted by atomic mass is 9.76. The molecule has 0 saturated carbocycles. The van der Waals surface area contributed by atoms with E-state index in [-0.39, 0.29) is 21.8 Å². The zero-order valence-corrected chi connectivity index (χ0v) is 16.8. The second kappa shape index (κ2) is 6.17. The summed E-state index contributed by atoms with van der Waals surface area (Å²) < 4.78 is 37.9. The molecule has 3 aromatic carbocycles. The molecule has 2 aliphatic rings. The number of rotatable bonds is 4. The van der Waals surface area contributed by atoms with E-state index in [4.69, 9.17) is 9.47 Å². The van der Waals surface area contributed by atoms with Gasteiger partial charge in [0.1, 0.15) is 16.9 Å². The van der Waals surface area contributed by atoms with E-state index in [9.17, 15) is 18.3 Å². The van der Waals surface area contributed by atoms with Crippen molar-refractivity contribution in [2.24, 2.45) is 0 Å². The molecule has 1 heterocycles. The molecule has 1 aliphatic heterocycles. The van der Waals surface area contributed by atoms with Crippen LogP contribution in [0, 0.1) is 0 Å². The van der Waals surface area contributed by atoms with Crippen LogP contribution in [0.4, 0.5) is 0 Å². The van der Waals surface area contributed by atoms with Gasteiger partial charge >= 0.3 is 0 Å². The van der Waals surface area contributed by atoms with Gasteiger partial charge in [-0.3, -0.25) is 4.79 Å². The zero-order valence-electron chi connectivity index (χ0n) is 16.0. The average Bonchev–Trinajstić information content (AvgIpc) is 3.11. The maximum absolute atomic E-state index is 13.7. The number of aliphatic hydroxyl groups is 1. The van der Waals surface area contributed by atoms with Gasteiger partial charge in [-0.15, -0.1) is 0 Å². The van der Waals surface area contributed by atoms with Crippen LogP contribution in [0.5, 0.6) is 11.5 Å². The summed E-state index contributed by atoms with van der Waals surface area (Å²) in [4.78, 5) is 13.8. The molecular formula is C23H18O6S. The Labute approximate surface area is 173 Å². The van der Waals surface area contributed by atoms with Crippen LogP contribution < -0.4 is 9.47 Å². The molecule has 6 nitrogen and oxygen atoms in total. The van der Waals surface area contributed by atoms with E-state index in [2.05, 4.69) is 0 Å². The van der Waals surface area contributed by atoms with Crippen molar-refractivity contribution in [3.63, 3.8) is 0 Å². The van der Waals surface area contributed by atoms with Crippen LogP contribution in [0.1, 0.15) is 21.5 Å². The first kappa shape index (κ1) is 18.8. The Morgan fingerprint density at radius 3 is 2.40 bits per heavy atom. The highest BCUT2D eigenvalue weighted by Gasteiger charge is 2.71. The number of Topliss-reactive ketones (excluding diaryl/α,β-unsaturated/α-hetero) is 1. The third-order valence-corrected chi connectivity index (χ3v) is 7.72. The van der Waals surface area contributed by atoms with E-state index in [0.29, 0.717) is 11.3 Å². The second-order valence-electron chi connectivity index (χ2n) is 7.46. The second-order valence-corrected chi connectivity index (χ2v) is 9.45. The summed E-state index contributed by atoms with van der Waals surface area (Å²) in [5, 5.41) is 11.8. The monoisotopic (exact) mass is 422 g/mol. The van der Waals surface area contributed by atoms with Crippen molar-refractivity contribution in [1.82, 2.24) is 0 Å². The summed E-state index contributed by atoms with van der Waals surface area (Å²) in [6.07, 6.45) is 0. The molecule has 2 unspecified atom stereocenters. The smallest absolute Gasteiger partial charge is 0.254 e. The molecule has 0 aromatic heterocycles. The maximum atomic E-state index is 13.7. The third kappa shape index (κ3) is 2.27. The van der Waals surface area contributed by atoms with E-state index in [1.165, 1.54) is 19.2 Å². The molecule has 0 spiro atoms. The average molecular weight is 422 g/mol. The van der Waals surface area contributed by atoms with Crippen LogP contribution in [0.25, 0.3) is 0 Å². The Morgan fingerprint density at radius 1 is 0.967 bits per heavy atom. The Kier molecular flexibility index (Phi) is 3.87. The fourth-order valence-corrected chi connectivity index (χ4v) is 6.29. The Hall–Kier alpha value is -3.16. The van der Waals surface area contributed by atoms with Crippen molar-refractivity contribution in [2.45, 2.75) is 16.1 Å². The molecule has 1 N–H and O–H groups in total. The van der Waals surface area contributed by atoms with Gasteiger partial charge in [0.25, 0.3) is 5.79 Å². The van der Waals surface area contributed by atoms with Gasteiger partial charge in [-0.1, -0.05) is 48.5 Å². The summed E-state index contributed by atoms with van der Waals surface area (Å²) in [6.45, 7) is 0. The minimum absolute atomic E-state index is 0.0763. The number of carbonyl (C=O) groups excluding carboxylic acids is 1. The number of hydrogen-bond donors (Lipinski definition) is 1. The van der Waals surface area contributed by atoms with Crippen molar-refractivity contribution in [3.05, 3.63) is 89.5 Å². The van der Waals surface area contributed by atoms with Crippen LogP contribution in [-0.4, -0.2) is 32.2 Å². The molecule has 0 amide bonds. The number of ketones is 1. The predicted octanol–water partition coefficient (Wildman–Crippen LogP) is 2.84. The first-order valence-electron chi connectivity index (χ1n) is 9.35. The highest BCUT2D eigenvalue weighted by molar-refractivity contribution is 7.91. The summed E-state index contributed by atoms with van der Waals surface area (Å²) in [5.41, 5.74) is -0.989. The summed E-state index contributed by atoms with van der Waals surface area (Å²) in [5.74, 6) is -2.56. The van der Waals surface area contributed by atoms with Crippen LogP contribution in [0.2, 0.25) is 0 Å². The lowest BCUT2D eigenvalue weighted by Crippen LogP contribution is -2.53. The maximum Gasteiger partial charge on any atom is 0.254 e. The van der Waals surface area contributed by atoms with Gasteiger partial charge in [0.2, 0.25) is 0 Å². The van der Waals surface area contributed by atoms with Gasteiger partial charge in [-0.05, 0) is 18.2 Å². The number of sulfone groups is 1. The largest absolute Gasteiger partial charge is 0.497 e. The molecule has 30 heavy (non-hydrogen) atoms. The lowest BCUT2D eigenvalue weighted by molar-refractivity contribution is -0.158. The number of benzene rings is 3. The molecule has 0 saturated heterocycles. The van der Waals surface area contributed by atoms with E-state index in [0.717, 1.165) is 0 Å². The topological polar surface area (TPSA) is 89.9 Å². The zero-order chi connectivity index (χ0) is 21.1. The highest BCUT2D eigenvalue weighted by atomic mass is 32.2. The van der Waals surface area contributed by atoms with Gasteiger partial charge < -0.3 is 14.6 Å². The summed E-state index contributed by atoms with van der Waals surface area (Å²) in [7, 11) is -2.46. The van der Waals surface area contributed by atoms with Crippen LogP contribution in [0.15, 0.2) is 77.7 Å². The fraction of sp³-hybridized carbons (Fsp3) is 0.174. The van der Waals surface area contributed by atoms with Gasteiger partial charge in [-0.25, -0.2) is 8.42 Å². The lowest BCUT2D eigenvalue weighted by Gasteiger charge is -2.33. The number of fused-ring (bicyclic) bond motifs is 5. The molecule has 2 atom stereocenters.